The molecule has 3 nitrogen and oxygen atoms in total. The Labute approximate surface area is 79.6 Å². The quantitative estimate of drug-likeness (QED) is 0.674. The molecule has 3 atom stereocenters. The van der Waals surface area contributed by atoms with Crippen LogP contribution in [0.2, 0.25) is 0 Å². The molecule has 3 unspecified atom stereocenters. The predicted octanol–water partition coefficient (Wildman–Crippen LogP) is 1.31. The Hall–Kier alpha value is -0.570. The summed E-state index contributed by atoms with van der Waals surface area (Å²) < 4.78 is 5.01. The van der Waals surface area contributed by atoms with E-state index >= 15 is 0 Å². The van der Waals surface area contributed by atoms with Gasteiger partial charge >= 0.3 is 5.97 Å². The second-order valence-corrected chi connectivity index (χ2v) is 3.76. The van der Waals surface area contributed by atoms with Gasteiger partial charge in [0.15, 0.2) is 0 Å². The van der Waals surface area contributed by atoms with Crippen LogP contribution in [0, 0.1) is 11.8 Å². The lowest BCUT2D eigenvalue weighted by Gasteiger charge is -2.15. The molecule has 0 radical (unpaired) electrons. The number of carbonyl (C=O) groups is 1. The number of hydrogen-bond donors (Lipinski definition) is 1. The predicted molar refractivity (Wildman–Crippen MR) is 51.1 cm³/mol. The van der Waals surface area contributed by atoms with Crippen molar-refractivity contribution in [3.63, 3.8) is 0 Å². The van der Waals surface area contributed by atoms with Crippen molar-refractivity contribution in [2.45, 2.75) is 39.2 Å². The SMILES string of the molecule is CCOC(=O)C1CC(N)CC1CC. The van der Waals surface area contributed by atoms with Gasteiger partial charge < -0.3 is 10.5 Å². The zero-order chi connectivity index (χ0) is 9.84. The highest BCUT2D eigenvalue weighted by atomic mass is 16.5. The molecule has 3 heteroatoms. The summed E-state index contributed by atoms with van der Waals surface area (Å²) in [5.74, 6) is 0.441. The van der Waals surface area contributed by atoms with Crippen LogP contribution in [0.25, 0.3) is 0 Å². The number of ether oxygens (including phenoxy) is 1. The summed E-state index contributed by atoms with van der Waals surface area (Å²) in [6.45, 7) is 4.42. The molecule has 1 aliphatic rings. The van der Waals surface area contributed by atoms with E-state index in [0.717, 1.165) is 19.3 Å². The second-order valence-electron chi connectivity index (χ2n) is 3.76. The largest absolute Gasteiger partial charge is 0.466 e. The Morgan fingerprint density at radius 2 is 2.15 bits per heavy atom. The van der Waals surface area contributed by atoms with Crippen molar-refractivity contribution in [2.75, 3.05) is 6.61 Å². The summed E-state index contributed by atoms with van der Waals surface area (Å²) in [5.41, 5.74) is 5.82. The van der Waals surface area contributed by atoms with Crippen LogP contribution >= 0.6 is 0 Å². The fourth-order valence-corrected chi connectivity index (χ4v) is 2.16. The summed E-state index contributed by atoms with van der Waals surface area (Å²) in [6, 6.07) is 0.194. The number of carbonyl (C=O) groups excluding carboxylic acids is 1. The first kappa shape index (κ1) is 10.5. The second kappa shape index (κ2) is 4.61. The fourth-order valence-electron chi connectivity index (χ4n) is 2.16. The Balaban J connectivity index is 2.52. The molecule has 76 valence electrons. The lowest BCUT2D eigenvalue weighted by Crippen LogP contribution is -2.22. The fraction of sp³-hybridized carbons (Fsp3) is 0.900. The van der Waals surface area contributed by atoms with Gasteiger partial charge in [-0.2, -0.15) is 0 Å². The molecule has 1 fully saturated rings. The Bertz CT molecular complexity index is 182. The van der Waals surface area contributed by atoms with Crippen molar-refractivity contribution in [3.05, 3.63) is 0 Å². The topological polar surface area (TPSA) is 52.3 Å². The van der Waals surface area contributed by atoms with E-state index in [4.69, 9.17) is 10.5 Å². The van der Waals surface area contributed by atoms with Crippen LogP contribution < -0.4 is 5.73 Å². The molecule has 0 bridgehead atoms. The molecule has 13 heavy (non-hydrogen) atoms. The van der Waals surface area contributed by atoms with Crippen molar-refractivity contribution in [1.29, 1.82) is 0 Å². The minimum Gasteiger partial charge on any atom is -0.466 e. The van der Waals surface area contributed by atoms with Gasteiger partial charge in [-0.1, -0.05) is 13.3 Å². The highest BCUT2D eigenvalue weighted by molar-refractivity contribution is 5.73. The average Bonchev–Trinajstić information content (AvgIpc) is 2.47. The molecule has 0 saturated heterocycles. The van der Waals surface area contributed by atoms with E-state index in [0.29, 0.717) is 12.5 Å². The van der Waals surface area contributed by atoms with Crippen molar-refractivity contribution in [2.24, 2.45) is 17.6 Å². The molecule has 0 aromatic carbocycles. The molecule has 1 aliphatic carbocycles. The summed E-state index contributed by atoms with van der Waals surface area (Å²) in [5, 5.41) is 0. The van der Waals surface area contributed by atoms with Gasteiger partial charge in [0.2, 0.25) is 0 Å². The smallest absolute Gasteiger partial charge is 0.309 e. The summed E-state index contributed by atoms with van der Waals surface area (Å²) in [6.07, 6.45) is 2.80. The number of hydrogen-bond acceptors (Lipinski definition) is 3. The Morgan fingerprint density at radius 3 is 2.69 bits per heavy atom. The van der Waals surface area contributed by atoms with E-state index in [1.165, 1.54) is 0 Å². The van der Waals surface area contributed by atoms with Crippen molar-refractivity contribution in [3.8, 4) is 0 Å². The van der Waals surface area contributed by atoms with Gasteiger partial charge in [-0.05, 0) is 25.7 Å². The van der Waals surface area contributed by atoms with Crippen molar-refractivity contribution < 1.29 is 9.53 Å². The molecule has 1 saturated carbocycles. The maximum Gasteiger partial charge on any atom is 0.309 e. The standard InChI is InChI=1S/C10H19NO2/c1-3-7-5-8(11)6-9(7)10(12)13-4-2/h7-9H,3-6,11H2,1-2H3. The number of esters is 1. The van der Waals surface area contributed by atoms with Crippen LogP contribution in [-0.2, 0) is 9.53 Å². The van der Waals surface area contributed by atoms with Gasteiger partial charge in [0.25, 0.3) is 0 Å². The van der Waals surface area contributed by atoms with Crippen molar-refractivity contribution in [1.82, 2.24) is 0 Å². The first-order valence-electron chi connectivity index (χ1n) is 5.11. The van der Waals surface area contributed by atoms with E-state index in [9.17, 15) is 4.79 Å². The maximum atomic E-state index is 11.5. The average molecular weight is 185 g/mol. The van der Waals surface area contributed by atoms with Crippen molar-refractivity contribution >= 4 is 5.97 Å². The zero-order valence-electron chi connectivity index (χ0n) is 8.45. The molecule has 2 N–H and O–H groups in total. The van der Waals surface area contributed by atoms with E-state index in [2.05, 4.69) is 6.92 Å². The van der Waals surface area contributed by atoms with Crippen LogP contribution in [0.1, 0.15) is 33.1 Å². The van der Waals surface area contributed by atoms with E-state index < -0.39 is 0 Å². The highest BCUT2D eigenvalue weighted by Gasteiger charge is 2.36. The van der Waals surface area contributed by atoms with E-state index in [-0.39, 0.29) is 17.9 Å². The summed E-state index contributed by atoms with van der Waals surface area (Å²) in [4.78, 5) is 11.5. The van der Waals surface area contributed by atoms with Gasteiger partial charge in [0.1, 0.15) is 0 Å². The van der Waals surface area contributed by atoms with Crippen LogP contribution in [0.3, 0.4) is 0 Å². The monoisotopic (exact) mass is 185 g/mol. The lowest BCUT2D eigenvalue weighted by molar-refractivity contribution is -0.149. The minimum absolute atomic E-state index is 0.0534. The lowest BCUT2D eigenvalue weighted by atomic mass is 9.94. The normalized spacial score (nSPS) is 33.3. The maximum absolute atomic E-state index is 11.5. The molecule has 0 heterocycles. The molecule has 0 aromatic rings. The third kappa shape index (κ3) is 2.44. The van der Waals surface area contributed by atoms with E-state index in [1.54, 1.807) is 0 Å². The molecule has 0 spiro atoms. The Kier molecular flexibility index (Phi) is 3.72. The van der Waals surface area contributed by atoms with Gasteiger partial charge in [-0.3, -0.25) is 4.79 Å². The zero-order valence-corrected chi connectivity index (χ0v) is 8.45. The molecule has 1 rings (SSSR count). The molecule has 0 amide bonds. The van der Waals surface area contributed by atoms with Crippen LogP contribution in [0.4, 0.5) is 0 Å². The van der Waals surface area contributed by atoms with E-state index in [1.807, 2.05) is 6.92 Å². The summed E-state index contributed by atoms with van der Waals surface area (Å²) >= 11 is 0. The third-order valence-electron chi connectivity index (χ3n) is 2.84. The van der Waals surface area contributed by atoms with Crippen LogP contribution in [0.15, 0.2) is 0 Å². The molecular weight excluding hydrogens is 166 g/mol. The first-order chi connectivity index (χ1) is 6.19. The molecule has 0 aliphatic heterocycles. The number of rotatable bonds is 3. The van der Waals surface area contributed by atoms with Gasteiger partial charge in [-0.25, -0.2) is 0 Å². The summed E-state index contributed by atoms with van der Waals surface area (Å²) in [7, 11) is 0. The number of nitrogens with two attached hydrogens (primary N) is 1. The van der Waals surface area contributed by atoms with Gasteiger partial charge in [-0.15, -0.1) is 0 Å². The van der Waals surface area contributed by atoms with Gasteiger partial charge in [0.05, 0.1) is 12.5 Å². The third-order valence-corrected chi connectivity index (χ3v) is 2.84. The Morgan fingerprint density at radius 1 is 1.46 bits per heavy atom. The van der Waals surface area contributed by atoms with Crippen LogP contribution in [0.5, 0.6) is 0 Å². The minimum atomic E-state index is -0.0534. The first-order valence-corrected chi connectivity index (χ1v) is 5.11. The molecule has 0 aromatic heterocycles. The highest BCUT2D eigenvalue weighted by Crippen LogP contribution is 2.34. The van der Waals surface area contributed by atoms with Gasteiger partial charge in [0, 0.05) is 6.04 Å². The molecular formula is C10H19NO2. The van der Waals surface area contributed by atoms with Crippen LogP contribution in [-0.4, -0.2) is 18.6 Å².